The molecular formula is C20H26N2OS2. The lowest BCUT2D eigenvalue weighted by atomic mass is 10.2. The van der Waals surface area contributed by atoms with Crippen LogP contribution < -0.4 is 15.4 Å². The smallest absolute Gasteiger partial charge is 0.170 e. The maximum absolute atomic E-state index is 5.63. The van der Waals surface area contributed by atoms with Crippen LogP contribution in [0.15, 0.2) is 48.5 Å². The summed E-state index contributed by atoms with van der Waals surface area (Å²) in [7, 11) is 0. The van der Waals surface area contributed by atoms with E-state index in [1.807, 2.05) is 49.9 Å². The highest BCUT2D eigenvalue weighted by Crippen LogP contribution is 2.17. The molecule has 25 heavy (non-hydrogen) atoms. The molecule has 0 amide bonds. The Morgan fingerprint density at radius 3 is 2.60 bits per heavy atom. The van der Waals surface area contributed by atoms with E-state index in [2.05, 4.69) is 41.8 Å². The molecule has 0 aliphatic heterocycles. The Labute approximate surface area is 160 Å². The number of nitrogens with one attached hydrogen (secondary N) is 2. The van der Waals surface area contributed by atoms with Gasteiger partial charge in [0.25, 0.3) is 0 Å². The second kappa shape index (κ2) is 10.3. The SMILES string of the molecule is Cc1cccc(CSCCNC(=S)Nc2ccc(OC(C)C)cc2)c1. The minimum Gasteiger partial charge on any atom is -0.491 e. The fourth-order valence-electron chi connectivity index (χ4n) is 2.29. The Balaban J connectivity index is 1.63. The summed E-state index contributed by atoms with van der Waals surface area (Å²) in [5.41, 5.74) is 3.64. The van der Waals surface area contributed by atoms with Gasteiger partial charge in [0.2, 0.25) is 0 Å². The van der Waals surface area contributed by atoms with Crippen LogP contribution in [0.3, 0.4) is 0 Å². The molecule has 5 heteroatoms. The first kappa shape index (κ1) is 19.6. The van der Waals surface area contributed by atoms with E-state index in [0.29, 0.717) is 5.11 Å². The maximum atomic E-state index is 5.63. The van der Waals surface area contributed by atoms with E-state index in [-0.39, 0.29) is 6.10 Å². The first-order valence-electron chi connectivity index (χ1n) is 8.48. The molecule has 134 valence electrons. The van der Waals surface area contributed by atoms with Crippen molar-refractivity contribution >= 4 is 34.8 Å². The average Bonchev–Trinajstić information content (AvgIpc) is 2.56. The highest BCUT2D eigenvalue weighted by molar-refractivity contribution is 7.98. The number of rotatable bonds is 8. The topological polar surface area (TPSA) is 33.3 Å². The average molecular weight is 375 g/mol. The number of hydrogen-bond donors (Lipinski definition) is 2. The molecule has 0 bridgehead atoms. The Morgan fingerprint density at radius 1 is 1.16 bits per heavy atom. The zero-order valence-corrected chi connectivity index (χ0v) is 16.7. The van der Waals surface area contributed by atoms with Crippen molar-refractivity contribution in [1.29, 1.82) is 0 Å². The molecule has 0 aliphatic carbocycles. The van der Waals surface area contributed by atoms with Crippen molar-refractivity contribution in [2.75, 3.05) is 17.6 Å². The second-order valence-electron chi connectivity index (χ2n) is 6.11. The van der Waals surface area contributed by atoms with Crippen molar-refractivity contribution in [2.45, 2.75) is 32.6 Å². The van der Waals surface area contributed by atoms with Crippen molar-refractivity contribution in [3.05, 3.63) is 59.7 Å². The fraction of sp³-hybridized carbons (Fsp3) is 0.350. The van der Waals surface area contributed by atoms with Crippen LogP contribution >= 0.6 is 24.0 Å². The van der Waals surface area contributed by atoms with Crippen LogP contribution in [-0.2, 0) is 5.75 Å². The van der Waals surface area contributed by atoms with E-state index in [1.165, 1.54) is 11.1 Å². The Bertz CT molecular complexity index is 672. The molecule has 0 atom stereocenters. The largest absolute Gasteiger partial charge is 0.491 e. The van der Waals surface area contributed by atoms with E-state index >= 15 is 0 Å². The van der Waals surface area contributed by atoms with Crippen LogP contribution in [0.25, 0.3) is 0 Å². The molecule has 0 radical (unpaired) electrons. The van der Waals surface area contributed by atoms with Gasteiger partial charge in [-0.25, -0.2) is 0 Å². The molecule has 2 aromatic rings. The summed E-state index contributed by atoms with van der Waals surface area (Å²) < 4.78 is 5.63. The van der Waals surface area contributed by atoms with Gasteiger partial charge in [0.05, 0.1) is 6.10 Å². The summed E-state index contributed by atoms with van der Waals surface area (Å²) in [6, 6.07) is 16.5. The number of aryl methyl sites for hydroxylation is 1. The molecule has 0 fully saturated rings. The van der Waals surface area contributed by atoms with E-state index in [9.17, 15) is 0 Å². The highest BCUT2D eigenvalue weighted by Gasteiger charge is 2.00. The van der Waals surface area contributed by atoms with Crippen LogP contribution in [0.5, 0.6) is 5.75 Å². The normalized spacial score (nSPS) is 10.6. The van der Waals surface area contributed by atoms with Crippen LogP contribution in [0.2, 0.25) is 0 Å². The van der Waals surface area contributed by atoms with Crippen molar-refractivity contribution in [1.82, 2.24) is 5.32 Å². The van der Waals surface area contributed by atoms with Crippen molar-refractivity contribution in [2.24, 2.45) is 0 Å². The lowest BCUT2D eigenvalue weighted by Gasteiger charge is -2.12. The van der Waals surface area contributed by atoms with E-state index < -0.39 is 0 Å². The molecule has 3 nitrogen and oxygen atoms in total. The lowest BCUT2D eigenvalue weighted by Crippen LogP contribution is -2.30. The van der Waals surface area contributed by atoms with Crippen molar-refractivity contribution in [3.8, 4) is 5.75 Å². The Morgan fingerprint density at radius 2 is 1.92 bits per heavy atom. The third-order valence-electron chi connectivity index (χ3n) is 3.37. The minimum absolute atomic E-state index is 0.179. The van der Waals surface area contributed by atoms with E-state index in [1.54, 1.807) is 0 Å². The molecule has 2 N–H and O–H groups in total. The van der Waals surface area contributed by atoms with E-state index in [0.717, 1.165) is 29.5 Å². The van der Waals surface area contributed by atoms with Gasteiger partial charge >= 0.3 is 0 Å². The number of ether oxygens (including phenoxy) is 1. The predicted octanol–water partition coefficient (Wildman–Crippen LogP) is 5.00. The van der Waals surface area contributed by atoms with Crippen molar-refractivity contribution < 1.29 is 4.74 Å². The lowest BCUT2D eigenvalue weighted by molar-refractivity contribution is 0.242. The van der Waals surface area contributed by atoms with Gasteiger partial charge in [-0.1, -0.05) is 29.8 Å². The van der Waals surface area contributed by atoms with Crippen molar-refractivity contribution in [3.63, 3.8) is 0 Å². The number of anilines is 1. The van der Waals surface area contributed by atoms with Crippen LogP contribution in [0.4, 0.5) is 5.69 Å². The number of benzene rings is 2. The van der Waals surface area contributed by atoms with Gasteiger partial charge < -0.3 is 15.4 Å². The summed E-state index contributed by atoms with van der Waals surface area (Å²) in [5.74, 6) is 2.91. The molecule has 0 unspecified atom stereocenters. The molecule has 0 aliphatic rings. The summed E-state index contributed by atoms with van der Waals surface area (Å²) in [6.07, 6.45) is 0.179. The zero-order valence-electron chi connectivity index (χ0n) is 15.0. The van der Waals surface area contributed by atoms with Gasteiger partial charge in [0.1, 0.15) is 5.75 Å². The molecule has 2 aromatic carbocycles. The second-order valence-corrected chi connectivity index (χ2v) is 7.63. The molecule has 0 heterocycles. The molecular weight excluding hydrogens is 348 g/mol. The van der Waals surface area contributed by atoms with E-state index in [4.69, 9.17) is 17.0 Å². The summed E-state index contributed by atoms with van der Waals surface area (Å²) in [6.45, 7) is 7.00. The molecule has 0 aromatic heterocycles. The minimum atomic E-state index is 0.179. The summed E-state index contributed by atoms with van der Waals surface area (Å²) in [5, 5.41) is 7.08. The molecule has 0 spiro atoms. The first-order chi connectivity index (χ1) is 12.0. The fourth-order valence-corrected chi connectivity index (χ4v) is 3.32. The van der Waals surface area contributed by atoms with Gasteiger partial charge in [-0.05, 0) is 62.8 Å². The van der Waals surface area contributed by atoms with Gasteiger partial charge in [-0.2, -0.15) is 11.8 Å². The Hall–Kier alpha value is -1.72. The number of hydrogen-bond acceptors (Lipinski definition) is 3. The van der Waals surface area contributed by atoms with Gasteiger partial charge in [-0.15, -0.1) is 0 Å². The Kier molecular flexibility index (Phi) is 8.09. The van der Waals surface area contributed by atoms with Crippen LogP contribution in [-0.4, -0.2) is 23.5 Å². The maximum Gasteiger partial charge on any atom is 0.170 e. The monoisotopic (exact) mass is 374 g/mol. The zero-order chi connectivity index (χ0) is 18.1. The number of thioether (sulfide) groups is 1. The first-order valence-corrected chi connectivity index (χ1v) is 10.0. The highest BCUT2D eigenvalue weighted by atomic mass is 32.2. The summed E-state index contributed by atoms with van der Waals surface area (Å²) >= 11 is 7.24. The summed E-state index contributed by atoms with van der Waals surface area (Å²) in [4.78, 5) is 0. The molecule has 2 rings (SSSR count). The van der Waals surface area contributed by atoms with Gasteiger partial charge in [0.15, 0.2) is 5.11 Å². The van der Waals surface area contributed by atoms with Crippen LogP contribution in [0.1, 0.15) is 25.0 Å². The third kappa shape index (κ3) is 7.80. The van der Waals surface area contributed by atoms with Gasteiger partial charge in [0, 0.05) is 23.7 Å². The predicted molar refractivity (Wildman–Crippen MR) is 114 cm³/mol. The quantitative estimate of drug-likeness (QED) is 0.502. The standard InChI is InChI=1S/C20H26N2OS2/c1-15(2)23-19-9-7-18(8-10-19)22-20(24)21-11-12-25-14-17-6-4-5-16(3)13-17/h4-10,13,15H,11-12,14H2,1-3H3,(H2,21,22,24). The molecule has 0 saturated carbocycles. The third-order valence-corrected chi connectivity index (χ3v) is 4.64. The number of thiocarbonyl (C=S) groups is 1. The van der Waals surface area contributed by atoms with Gasteiger partial charge in [-0.3, -0.25) is 0 Å². The molecule has 0 saturated heterocycles. The van der Waals surface area contributed by atoms with Crippen LogP contribution in [0, 0.1) is 6.92 Å².